The number of rotatable bonds is 6. The zero-order valence-electron chi connectivity index (χ0n) is 15.2. The second-order valence-electron chi connectivity index (χ2n) is 7.11. The van der Waals surface area contributed by atoms with Gasteiger partial charge in [-0.25, -0.2) is 0 Å². The van der Waals surface area contributed by atoms with Gasteiger partial charge in [0.25, 0.3) is 0 Å². The van der Waals surface area contributed by atoms with Gasteiger partial charge in [0, 0.05) is 31.3 Å². The van der Waals surface area contributed by atoms with Crippen molar-refractivity contribution in [3.05, 3.63) is 29.8 Å². The van der Waals surface area contributed by atoms with Gasteiger partial charge in [-0.05, 0) is 44.0 Å². The van der Waals surface area contributed by atoms with E-state index in [2.05, 4.69) is 22.3 Å². The molecule has 1 heterocycles. The maximum Gasteiger partial charge on any atom is 0.169 e. The third-order valence-corrected chi connectivity index (χ3v) is 5.60. The van der Waals surface area contributed by atoms with E-state index < -0.39 is 0 Å². The average molecular weight is 363 g/mol. The average Bonchev–Trinajstić information content (AvgIpc) is 3.15. The van der Waals surface area contributed by atoms with Gasteiger partial charge < -0.3 is 19.7 Å². The molecule has 138 valence electrons. The standard InChI is InChI=1S/C20H30N2O2S/c1-23-19-12-6-5-8-16(19)14-22(15-18-11-7-13-24-18)20(25)21-17-9-3-2-4-10-17/h5-6,8,12,17-18H,2-4,7,9-11,13-15H2,1H3,(H,21,25). The Balaban J connectivity index is 1.68. The van der Waals surface area contributed by atoms with Gasteiger partial charge in [0.15, 0.2) is 5.11 Å². The molecule has 1 unspecified atom stereocenters. The van der Waals surface area contributed by atoms with E-state index in [1.54, 1.807) is 7.11 Å². The lowest BCUT2D eigenvalue weighted by molar-refractivity contribution is 0.0893. The third kappa shape index (κ3) is 5.32. The summed E-state index contributed by atoms with van der Waals surface area (Å²) in [6, 6.07) is 8.71. The highest BCUT2D eigenvalue weighted by molar-refractivity contribution is 7.80. The SMILES string of the molecule is COc1ccccc1CN(CC1CCCO1)C(=S)NC1CCCCC1. The summed E-state index contributed by atoms with van der Waals surface area (Å²) in [5.74, 6) is 0.917. The van der Waals surface area contributed by atoms with E-state index in [1.807, 2.05) is 12.1 Å². The van der Waals surface area contributed by atoms with Crippen molar-refractivity contribution >= 4 is 17.3 Å². The molecule has 2 fully saturated rings. The maximum absolute atomic E-state index is 5.86. The second kappa shape index (κ2) is 9.39. The van der Waals surface area contributed by atoms with Crippen molar-refractivity contribution in [1.29, 1.82) is 0 Å². The van der Waals surface area contributed by atoms with Crippen LogP contribution in [0.15, 0.2) is 24.3 Å². The maximum atomic E-state index is 5.86. The Morgan fingerprint density at radius 3 is 2.72 bits per heavy atom. The van der Waals surface area contributed by atoms with Crippen LogP contribution in [0.3, 0.4) is 0 Å². The van der Waals surface area contributed by atoms with E-state index in [9.17, 15) is 0 Å². The number of thiocarbonyl (C=S) groups is 1. The fourth-order valence-electron chi connectivity index (χ4n) is 3.81. The van der Waals surface area contributed by atoms with Crippen LogP contribution in [0.1, 0.15) is 50.5 Å². The van der Waals surface area contributed by atoms with Gasteiger partial charge >= 0.3 is 0 Å². The van der Waals surface area contributed by atoms with E-state index in [1.165, 1.54) is 32.1 Å². The number of hydrogen-bond acceptors (Lipinski definition) is 3. The molecule has 1 aromatic rings. The minimum absolute atomic E-state index is 0.279. The minimum atomic E-state index is 0.279. The summed E-state index contributed by atoms with van der Waals surface area (Å²) in [5, 5.41) is 4.47. The number of methoxy groups -OCH3 is 1. The van der Waals surface area contributed by atoms with Gasteiger partial charge in [-0.1, -0.05) is 37.5 Å². The zero-order chi connectivity index (χ0) is 17.5. The van der Waals surface area contributed by atoms with Crippen molar-refractivity contribution in [2.75, 3.05) is 20.3 Å². The number of nitrogens with one attached hydrogen (secondary N) is 1. The topological polar surface area (TPSA) is 33.7 Å². The lowest BCUT2D eigenvalue weighted by Gasteiger charge is -2.32. The Kier molecular flexibility index (Phi) is 6.93. The molecular weight excluding hydrogens is 332 g/mol. The second-order valence-corrected chi connectivity index (χ2v) is 7.50. The van der Waals surface area contributed by atoms with Gasteiger partial charge in [-0.3, -0.25) is 0 Å². The lowest BCUT2D eigenvalue weighted by atomic mass is 9.96. The normalized spacial score (nSPS) is 21.1. The van der Waals surface area contributed by atoms with Crippen molar-refractivity contribution in [2.45, 2.75) is 63.6 Å². The minimum Gasteiger partial charge on any atom is -0.496 e. The van der Waals surface area contributed by atoms with Gasteiger partial charge in [-0.15, -0.1) is 0 Å². The van der Waals surface area contributed by atoms with Crippen LogP contribution in [0.25, 0.3) is 0 Å². The molecule has 0 aromatic heterocycles. The Morgan fingerprint density at radius 2 is 2.00 bits per heavy atom. The monoisotopic (exact) mass is 362 g/mol. The predicted molar refractivity (Wildman–Crippen MR) is 105 cm³/mol. The van der Waals surface area contributed by atoms with E-state index >= 15 is 0 Å². The van der Waals surface area contributed by atoms with E-state index in [0.29, 0.717) is 6.04 Å². The Bertz CT molecular complexity index is 554. The van der Waals surface area contributed by atoms with Crippen LogP contribution in [0.4, 0.5) is 0 Å². The highest BCUT2D eigenvalue weighted by Crippen LogP contribution is 2.22. The first-order valence-corrected chi connectivity index (χ1v) is 9.96. The molecule has 1 N–H and O–H groups in total. The number of ether oxygens (including phenoxy) is 2. The fraction of sp³-hybridized carbons (Fsp3) is 0.650. The van der Waals surface area contributed by atoms with Crippen LogP contribution in [0.5, 0.6) is 5.75 Å². The molecule has 3 rings (SSSR count). The number of benzene rings is 1. The van der Waals surface area contributed by atoms with Crippen LogP contribution in [-0.4, -0.2) is 42.4 Å². The summed E-state index contributed by atoms with van der Waals surface area (Å²) in [6.45, 7) is 2.47. The molecule has 1 aliphatic heterocycles. The number of hydrogen-bond donors (Lipinski definition) is 1. The highest BCUT2D eigenvalue weighted by atomic mass is 32.1. The van der Waals surface area contributed by atoms with Gasteiger partial charge in [0.05, 0.1) is 13.2 Å². The van der Waals surface area contributed by atoms with Crippen molar-refractivity contribution in [1.82, 2.24) is 10.2 Å². The van der Waals surface area contributed by atoms with Crippen molar-refractivity contribution < 1.29 is 9.47 Å². The Hall–Kier alpha value is -1.33. The highest BCUT2D eigenvalue weighted by Gasteiger charge is 2.23. The molecule has 1 aliphatic carbocycles. The molecule has 0 amide bonds. The Labute approximate surface area is 156 Å². The van der Waals surface area contributed by atoms with E-state index in [4.69, 9.17) is 21.7 Å². The quantitative estimate of drug-likeness (QED) is 0.777. The molecule has 0 bridgehead atoms. The molecule has 2 aliphatic rings. The molecule has 0 radical (unpaired) electrons. The van der Waals surface area contributed by atoms with Crippen molar-refractivity contribution in [3.8, 4) is 5.75 Å². The third-order valence-electron chi connectivity index (χ3n) is 5.22. The summed E-state index contributed by atoms with van der Waals surface area (Å²) < 4.78 is 11.4. The van der Waals surface area contributed by atoms with Gasteiger partial charge in [0.2, 0.25) is 0 Å². The predicted octanol–water partition coefficient (Wildman–Crippen LogP) is 3.88. The molecule has 25 heavy (non-hydrogen) atoms. The molecule has 1 atom stereocenters. The first-order valence-electron chi connectivity index (χ1n) is 9.55. The van der Waals surface area contributed by atoms with Crippen LogP contribution < -0.4 is 10.1 Å². The van der Waals surface area contributed by atoms with Crippen LogP contribution in [-0.2, 0) is 11.3 Å². The largest absolute Gasteiger partial charge is 0.496 e. The summed E-state index contributed by atoms with van der Waals surface area (Å²) in [4.78, 5) is 2.26. The zero-order valence-corrected chi connectivity index (χ0v) is 16.0. The first-order chi connectivity index (χ1) is 12.3. The fourth-order valence-corrected chi connectivity index (χ4v) is 4.11. The van der Waals surface area contributed by atoms with Crippen molar-refractivity contribution in [3.63, 3.8) is 0 Å². The lowest BCUT2D eigenvalue weighted by Crippen LogP contribution is -2.47. The molecule has 1 aromatic carbocycles. The summed E-state index contributed by atoms with van der Waals surface area (Å²) in [7, 11) is 1.72. The van der Waals surface area contributed by atoms with Gasteiger partial charge in [0.1, 0.15) is 5.75 Å². The van der Waals surface area contributed by atoms with Crippen LogP contribution >= 0.6 is 12.2 Å². The molecule has 5 heteroatoms. The molecule has 4 nitrogen and oxygen atoms in total. The molecule has 0 spiro atoms. The molecule has 1 saturated heterocycles. The number of para-hydroxylation sites is 1. The summed E-state index contributed by atoms with van der Waals surface area (Å²) >= 11 is 5.79. The number of nitrogens with zero attached hydrogens (tertiary/aromatic N) is 1. The molecule has 1 saturated carbocycles. The smallest absolute Gasteiger partial charge is 0.169 e. The van der Waals surface area contributed by atoms with Crippen molar-refractivity contribution in [2.24, 2.45) is 0 Å². The summed E-state index contributed by atoms with van der Waals surface area (Å²) in [5.41, 5.74) is 1.16. The first kappa shape index (κ1) is 18.5. The Morgan fingerprint density at radius 1 is 1.20 bits per heavy atom. The van der Waals surface area contributed by atoms with Gasteiger partial charge in [-0.2, -0.15) is 0 Å². The van der Waals surface area contributed by atoms with E-state index in [0.717, 1.165) is 49.0 Å². The van der Waals surface area contributed by atoms with E-state index in [-0.39, 0.29) is 6.10 Å². The summed E-state index contributed by atoms with van der Waals surface area (Å²) in [6.07, 6.45) is 8.96. The molecular formula is C20H30N2O2S. The van der Waals surface area contributed by atoms with Crippen LogP contribution in [0, 0.1) is 0 Å². The van der Waals surface area contributed by atoms with Crippen LogP contribution in [0.2, 0.25) is 0 Å².